The third-order valence-corrected chi connectivity index (χ3v) is 2.85. The smallest absolute Gasteiger partial charge is 0.139 e. The lowest BCUT2D eigenvalue weighted by atomic mass is 10.2. The number of rotatable bonds is 2. The van der Waals surface area contributed by atoms with E-state index in [4.69, 9.17) is 11.6 Å². The van der Waals surface area contributed by atoms with Crippen LogP contribution in [0.5, 0.6) is 5.75 Å². The molecule has 0 spiro atoms. The number of benzene rings is 2. The number of nitrogens with one attached hydrogen (secondary N) is 1. The second-order valence-corrected chi connectivity index (χ2v) is 3.96. The fourth-order valence-corrected chi connectivity index (χ4v) is 1.64. The van der Waals surface area contributed by atoms with Crippen molar-refractivity contribution < 1.29 is 5.11 Å². The Labute approximate surface area is 99.5 Å². The van der Waals surface area contributed by atoms with Crippen LogP contribution in [0.15, 0.2) is 42.5 Å². The van der Waals surface area contributed by atoms with E-state index >= 15 is 0 Å². The first-order valence-corrected chi connectivity index (χ1v) is 5.36. The number of phenolic OH excluding ortho intramolecular Hbond substituents is 1. The third-order valence-electron chi connectivity index (χ3n) is 2.44. The molecule has 0 radical (unpaired) electrons. The van der Waals surface area contributed by atoms with Crippen molar-refractivity contribution >= 4 is 23.0 Å². The standard InChI is InChI=1S/C13H12ClNO/c1-9-10(14)5-4-7-11(9)15-12-6-2-3-8-13(12)16/h2-8,15-16H,1H3. The number of phenols is 1. The first kappa shape index (κ1) is 10.8. The molecule has 0 heterocycles. The Bertz CT molecular complexity index is 511. The zero-order valence-electron chi connectivity index (χ0n) is 8.87. The molecule has 0 unspecified atom stereocenters. The molecule has 16 heavy (non-hydrogen) atoms. The summed E-state index contributed by atoms with van der Waals surface area (Å²) in [5.74, 6) is 0.224. The summed E-state index contributed by atoms with van der Waals surface area (Å²) in [6, 6.07) is 12.7. The van der Waals surface area contributed by atoms with Gasteiger partial charge in [0.1, 0.15) is 5.75 Å². The molecule has 0 aliphatic rings. The molecular formula is C13H12ClNO. The van der Waals surface area contributed by atoms with Crippen molar-refractivity contribution in [3.63, 3.8) is 0 Å². The van der Waals surface area contributed by atoms with Crippen LogP contribution < -0.4 is 5.32 Å². The van der Waals surface area contributed by atoms with Gasteiger partial charge in [0.25, 0.3) is 0 Å². The molecule has 0 fully saturated rings. The van der Waals surface area contributed by atoms with Gasteiger partial charge in [-0.25, -0.2) is 0 Å². The number of hydrogen-bond donors (Lipinski definition) is 2. The van der Waals surface area contributed by atoms with Crippen LogP contribution in [0.3, 0.4) is 0 Å². The maximum absolute atomic E-state index is 9.64. The van der Waals surface area contributed by atoms with Gasteiger partial charge in [-0.05, 0) is 36.8 Å². The Hall–Kier alpha value is -1.67. The molecule has 0 atom stereocenters. The van der Waals surface area contributed by atoms with Gasteiger partial charge >= 0.3 is 0 Å². The number of anilines is 2. The zero-order valence-corrected chi connectivity index (χ0v) is 9.62. The Morgan fingerprint density at radius 2 is 1.69 bits per heavy atom. The van der Waals surface area contributed by atoms with Crippen LogP contribution in [-0.2, 0) is 0 Å². The van der Waals surface area contributed by atoms with E-state index in [2.05, 4.69) is 5.32 Å². The highest BCUT2D eigenvalue weighted by Crippen LogP contribution is 2.30. The number of halogens is 1. The molecule has 0 aliphatic carbocycles. The van der Waals surface area contributed by atoms with Gasteiger partial charge < -0.3 is 10.4 Å². The Balaban J connectivity index is 2.35. The van der Waals surface area contributed by atoms with Crippen LogP contribution in [0.25, 0.3) is 0 Å². The topological polar surface area (TPSA) is 32.3 Å². The van der Waals surface area contributed by atoms with Gasteiger partial charge in [0.05, 0.1) is 5.69 Å². The van der Waals surface area contributed by atoms with Crippen molar-refractivity contribution in [2.24, 2.45) is 0 Å². The molecule has 2 aromatic carbocycles. The summed E-state index contributed by atoms with van der Waals surface area (Å²) in [6.07, 6.45) is 0. The summed E-state index contributed by atoms with van der Waals surface area (Å²) in [7, 11) is 0. The highest BCUT2D eigenvalue weighted by molar-refractivity contribution is 6.31. The SMILES string of the molecule is Cc1c(Cl)cccc1Nc1ccccc1O. The summed E-state index contributed by atoms with van der Waals surface area (Å²) >= 11 is 6.02. The van der Waals surface area contributed by atoms with Crippen LogP contribution in [0.2, 0.25) is 5.02 Å². The first-order chi connectivity index (χ1) is 7.68. The van der Waals surface area contributed by atoms with E-state index in [-0.39, 0.29) is 5.75 Å². The van der Waals surface area contributed by atoms with E-state index in [1.165, 1.54) is 0 Å². The lowest BCUT2D eigenvalue weighted by Gasteiger charge is -2.11. The Morgan fingerprint density at radius 1 is 1.00 bits per heavy atom. The van der Waals surface area contributed by atoms with E-state index in [0.29, 0.717) is 10.7 Å². The summed E-state index contributed by atoms with van der Waals surface area (Å²) in [5.41, 5.74) is 2.54. The van der Waals surface area contributed by atoms with Gasteiger partial charge in [-0.1, -0.05) is 29.8 Å². The van der Waals surface area contributed by atoms with Crippen molar-refractivity contribution in [2.45, 2.75) is 6.92 Å². The predicted molar refractivity (Wildman–Crippen MR) is 67.6 cm³/mol. The van der Waals surface area contributed by atoms with Crippen LogP contribution in [0.4, 0.5) is 11.4 Å². The van der Waals surface area contributed by atoms with Crippen LogP contribution in [0, 0.1) is 6.92 Å². The zero-order chi connectivity index (χ0) is 11.5. The quantitative estimate of drug-likeness (QED) is 0.766. The van der Waals surface area contributed by atoms with E-state index in [9.17, 15) is 5.11 Å². The molecule has 0 aromatic heterocycles. The van der Waals surface area contributed by atoms with Crippen molar-refractivity contribution in [1.29, 1.82) is 0 Å². The highest BCUT2D eigenvalue weighted by atomic mass is 35.5. The fourth-order valence-electron chi connectivity index (χ4n) is 1.47. The van der Waals surface area contributed by atoms with Gasteiger partial charge in [0.15, 0.2) is 0 Å². The summed E-state index contributed by atoms with van der Waals surface area (Å²) in [6.45, 7) is 1.94. The molecule has 0 saturated heterocycles. The van der Waals surface area contributed by atoms with E-state index in [1.807, 2.05) is 37.3 Å². The molecule has 0 aliphatic heterocycles. The molecule has 0 saturated carbocycles. The van der Waals surface area contributed by atoms with Gasteiger partial charge in [-0.15, -0.1) is 0 Å². The monoisotopic (exact) mass is 233 g/mol. The number of hydrogen-bond acceptors (Lipinski definition) is 2. The Morgan fingerprint density at radius 3 is 2.44 bits per heavy atom. The van der Waals surface area contributed by atoms with Gasteiger partial charge in [0, 0.05) is 10.7 Å². The van der Waals surface area contributed by atoms with Crippen molar-refractivity contribution in [2.75, 3.05) is 5.32 Å². The van der Waals surface area contributed by atoms with E-state index < -0.39 is 0 Å². The maximum Gasteiger partial charge on any atom is 0.139 e. The summed E-state index contributed by atoms with van der Waals surface area (Å²) in [5, 5.41) is 13.5. The molecule has 0 amide bonds. The maximum atomic E-state index is 9.64. The minimum Gasteiger partial charge on any atom is -0.506 e. The lowest BCUT2D eigenvalue weighted by Crippen LogP contribution is -1.93. The number of aromatic hydroxyl groups is 1. The predicted octanol–water partition coefficient (Wildman–Crippen LogP) is 4.10. The second kappa shape index (κ2) is 4.45. The van der Waals surface area contributed by atoms with Gasteiger partial charge in [-0.2, -0.15) is 0 Å². The van der Waals surface area contributed by atoms with E-state index in [1.54, 1.807) is 12.1 Å². The van der Waals surface area contributed by atoms with Crippen molar-refractivity contribution in [3.8, 4) is 5.75 Å². The van der Waals surface area contributed by atoms with Crippen molar-refractivity contribution in [1.82, 2.24) is 0 Å². The average Bonchev–Trinajstić information content (AvgIpc) is 2.28. The van der Waals surface area contributed by atoms with Crippen LogP contribution in [-0.4, -0.2) is 5.11 Å². The van der Waals surface area contributed by atoms with Gasteiger partial charge in [-0.3, -0.25) is 0 Å². The van der Waals surface area contributed by atoms with Crippen LogP contribution >= 0.6 is 11.6 Å². The molecule has 0 bridgehead atoms. The molecule has 2 aromatic rings. The third kappa shape index (κ3) is 2.12. The fraction of sp³-hybridized carbons (Fsp3) is 0.0769. The van der Waals surface area contributed by atoms with E-state index in [0.717, 1.165) is 11.3 Å². The molecule has 82 valence electrons. The normalized spacial score (nSPS) is 10.1. The average molecular weight is 234 g/mol. The highest BCUT2D eigenvalue weighted by Gasteiger charge is 2.04. The lowest BCUT2D eigenvalue weighted by molar-refractivity contribution is 0.478. The largest absolute Gasteiger partial charge is 0.506 e. The molecule has 2 rings (SSSR count). The van der Waals surface area contributed by atoms with Gasteiger partial charge in [0.2, 0.25) is 0 Å². The summed E-state index contributed by atoms with van der Waals surface area (Å²) in [4.78, 5) is 0. The Kier molecular flexibility index (Phi) is 3.02. The van der Waals surface area contributed by atoms with Crippen molar-refractivity contribution in [3.05, 3.63) is 53.1 Å². The number of para-hydroxylation sites is 2. The minimum absolute atomic E-state index is 0.224. The minimum atomic E-state index is 0.224. The first-order valence-electron chi connectivity index (χ1n) is 4.98. The molecular weight excluding hydrogens is 222 g/mol. The van der Waals surface area contributed by atoms with Crippen LogP contribution in [0.1, 0.15) is 5.56 Å². The second-order valence-electron chi connectivity index (χ2n) is 3.55. The molecule has 2 nitrogen and oxygen atoms in total. The molecule has 2 N–H and O–H groups in total. The molecule has 3 heteroatoms. The summed E-state index contributed by atoms with van der Waals surface area (Å²) < 4.78 is 0.